The smallest absolute Gasteiger partial charge is 0.0531 e. The molecule has 0 radical (unpaired) electrons. The SMILES string of the molecule is Cc1ccc(-c2ccc(-c3ccccc3Cl)cc2)n1-c1ccc(Cl)cc1. The van der Waals surface area contributed by atoms with Gasteiger partial charge in [0.1, 0.15) is 0 Å². The van der Waals surface area contributed by atoms with Crippen molar-refractivity contribution in [2.45, 2.75) is 6.92 Å². The molecule has 0 bridgehead atoms. The maximum absolute atomic E-state index is 6.32. The van der Waals surface area contributed by atoms with Crippen molar-refractivity contribution < 1.29 is 0 Å². The van der Waals surface area contributed by atoms with Gasteiger partial charge in [0.2, 0.25) is 0 Å². The molecule has 0 spiro atoms. The lowest BCUT2D eigenvalue weighted by molar-refractivity contribution is 1.02. The Hall–Kier alpha value is -2.48. The first-order valence-electron chi connectivity index (χ1n) is 8.43. The van der Waals surface area contributed by atoms with Crippen LogP contribution in [-0.2, 0) is 0 Å². The van der Waals surface area contributed by atoms with Crippen LogP contribution in [0, 0.1) is 6.92 Å². The molecule has 26 heavy (non-hydrogen) atoms. The normalized spacial score (nSPS) is 10.9. The summed E-state index contributed by atoms with van der Waals surface area (Å²) in [5.74, 6) is 0. The molecule has 3 heteroatoms. The molecule has 1 aromatic heterocycles. The fourth-order valence-electron chi connectivity index (χ4n) is 3.21. The van der Waals surface area contributed by atoms with Gasteiger partial charge >= 0.3 is 0 Å². The first kappa shape index (κ1) is 17.0. The summed E-state index contributed by atoms with van der Waals surface area (Å²) in [6.45, 7) is 2.11. The van der Waals surface area contributed by atoms with Crippen molar-refractivity contribution in [1.82, 2.24) is 4.57 Å². The Balaban J connectivity index is 1.75. The minimum atomic E-state index is 0.740. The average molecular weight is 378 g/mol. The van der Waals surface area contributed by atoms with Crippen LogP contribution in [0.3, 0.4) is 0 Å². The summed E-state index contributed by atoms with van der Waals surface area (Å²) in [5.41, 5.74) is 6.74. The fraction of sp³-hybridized carbons (Fsp3) is 0.0435. The number of nitrogens with zero attached hydrogens (tertiary/aromatic N) is 1. The molecule has 0 saturated carbocycles. The summed E-state index contributed by atoms with van der Waals surface area (Å²) in [5, 5.41) is 1.50. The van der Waals surface area contributed by atoms with Gasteiger partial charge in [-0.15, -0.1) is 0 Å². The van der Waals surface area contributed by atoms with E-state index in [2.05, 4.69) is 47.9 Å². The van der Waals surface area contributed by atoms with Gasteiger partial charge in [0.15, 0.2) is 0 Å². The number of halogens is 2. The molecule has 0 atom stereocenters. The Bertz CT molecular complexity index is 1040. The van der Waals surface area contributed by atoms with Crippen molar-refractivity contribution in [3.05, 3.63) is 101 Å². The highest BCUT2D eigenvalue weighted by Gasteiger charge is 2.10. The zero-order chi connectivity index (χ0) is 18.1. The van der Waals surface area contributed by atoms with Crippen molar-refractivity contribution >= 4 is 23.2 Å². The number of hydrogen-bond acceptors (Lipinski definition) is 0. The van der Waals surface area contributed by atoms with Gasteiger partial charge in [0.05, 0.1) is 5.69 Å². The van der Waals surface area contributed by atoms with Gasteiger partial charge in [-0.1, -0.05) is 65.7 Å². The van der Waals surface area contributed by atoms with Gasteiger partial charge in [-0.3, -0.25) is 0 Å². The van der Waals surface area contributed by atoms with E-state index < -0.39 is 0 Å². The van der Waals surface area contributed by atoms with E-state index in [-0.39, 0.29) is 0 Å². The van der Waals surface area contributed by atoms with E-state index in [4.69, 9.17) is 23.2 Å². The van der Waals surface area contributed by atoms with Crippen molar-refractivity contribution in [3.63, 3.8) is 0 Å². The molecular formula is C23H17Cl2N. The molecule has 0 saturated heterocycles. The zero-order valence-electron chi connectivity index (χ0n) is 14.3. The molecule has 0 aliphatic carbocycles. The van der Waals surface area contributed by atoms with Crippen LogP contribution in [0.4, 0.5) is 0 Å². The molecule has 128 valence electrons. The third kappa shape index (κ3) is 3.16. The van der Waals surface area contributed by atoms with Gasteiger partial charge in [-0.25, -0.2) is 0 Å². The molecule has 0 unspecified atom stereocenters. The van der Waals surface area contributed by atoms with Crippen LogP contribution in [-0.4, -0.2) is 4.57 Å². The number of rotatable bonds is 3. The minimum absolute atomic E-state index is 0.740. The third-order valence-electron chi connectivity index (χ3n) is 4.53. The molecular weight excluding hydrogens is 361 g/mol. The summed E-state index contributed by atoms with van der Waals surface area (Å²) in [4.78, 5) is 0. The Labute approximate surface area is 163 Å². The van der Waals surface area contributed by atoms with Crippen LogP contribution >= 0.6 is 23.2 Å². The molecule has 0 fully saturated rings. The lowest BCUT2D eigenvalue weighted by atomic mass is 10.0. The maximum atomic E-state index is 6.32. The molecule has 1 nitrogen and oxygen atoms in total. The van der Waals surface area contributed by atoms with E-state index in [0.29, 0.717) is 0 Å². The van der Waals surface area contributed by atoms with Crippen molar-refractivity contribution in [3.8, 4) is 28.1 Å². The highest BCUT2D eigenvalue weighted by molar-refractivity contribution is 6.33. The average Bonchev–Trinajstić information content (AvgIpc) is 3.05. The van der Waals surface area contributed by atoms with Gasteiger partial charge in [-0.2, -0.15) is 0 Å². The van der Waals surface area contributed by atoms with Crippen molar-refractivity contribution in [2.75, 3.05) is 0 Å². The largest absolute Gasteiger partial charge is 0.314 e. The van der Waals surface area contributed by atoms with Crippen LogP contribution in [0.1, 0.15) is 5.69 Å². The van der Waals surface area contributed by atoms with Crippen LogP contribution in [0.15, 0.2) is 84.9 Å². The number of hydrogen-bond donors (Lipinski definition) is 0. The molecule has 4 aromatic rings. The highest BCUT2D eigenvalue weighted by Crippen LogP contribution is 2.31. The number of benzene rings is 3. The monoisotopic (exact) mass is 377 g/mol. The van der Waals surface area contributed by atoms with E-state index in [9.17, 15) is 0 Å². The van der Waals surface area contributed by atoms with E-state index in [1.807, 2.05) is 48.5 Å². The van der Waals surface area contributed by atoms with Gasteiger partial charge in [0.25, 0.3) is 0 Å². The molecule has 1 heterocycles. The molecule has 0 aliphatic rings. The van der Waals surface area contributed by atoms with Crippen LogP contribution in [0.25, 0.3) is 28.1 Å². The van der Waals surface area contributed by atoms with Gasteiger partial charge in [-0.05, 0) is 60.5 Å². The van der Waals surface area contributed by atoms with Crippen molar-refractivity contribution in [1.29, 1.82) is 0 Å². The zero-order valence-corrected chi connectivity index (χ0v) is 15.8. The molecule has 3 aromatic carbocycles. The first-order valence-corrected chi connectivity index (χ1v) is 9.19. The van der Waals surface area contributed by atoms with Crippen LogP contribution in [0.2, 0.25) is 10.0 Å². The maximum Gasteiger partial charge on any atom is 0.0531 e. The number of aryl methyl sites for hydroxylation is 1. The predicted molar refractivity (Wildman–Crippen MR) is 111 cm³/mol. The topological polar surface area (TPSA) is 4.93 Å². The Morgan fingerprint density at radius 3 is 2.00 bits per heavy atom. The summed E-state index contributed by atoms with van der Waals surface area (Å²) < 4.78 is 2.24. The summed E-state index contributed by atoms with van der Waals surface area (Å²) >= 11 is 12.4. The quantitative estimate of drug-likeness (QED) is 0.349. The van der Waals surface area contributed by atoms with E-state index in [1.54, 1.807) is 0 Å². The molecule has 0 N–H and O–H groups in total. The van der Waals surface area contributed by atoms with Crippen molar-refractivity contribution in [2.24, 2.45) is 0 Å². The first-order chi connectivity index (χ1) is 12.6. The predicted octanol–water partition coefficient (Wildman–Crippen LogP) is 7.43. The molecule has 4 rings (SSSR count). The lowest BCUT2D eigenvalue weighted by Gasteiger charge is -2.13. The van der Waals surface area contributed by atoms with E-state index in [0.717, 1.165) is 38.1 Å². The minimum Gasteiger partial charge on any atom is -0.314 e. The highest BCUT2D eigenvalue weighted by atomic mass is 35.5. The Morgan fingerprint density at radius 2 is 1.31 bits per heavy atom. The second-order valence-electron chi connectivity index (χ2n) is 6.23. The molecule has 0 aliphatic heterocycles. The summed E-state index contributed by atoms with van der Waals surface area (Å²) in [7, 11) is 0. The van der Waals surface area contributed by atoms with Gasteiger partial charge in [0, 0.05) is 27.0 Å². The summed E-state index contributed by atoms with van der Waals surface area (Å²) in [6, 6.07) is 28.6. The van der Waals surface area contributed by atoms with Gasteiger partial charge < -0.3 is 4.57 Å². The van der Waals surface area contributed by atoms with Crippen LogP contribution < -0.4 is 0 Å². The Kier molecular flexibility index (Phi) is 4.58. The number of aromatic nitrogens is 1. The van der Waals surface area contributed by atoms with Crippen LogP contribution in [0.5, 0.6) is 0 Å². The fourth-order valence-corrected chi connectivity index (χ4v) is 3.58. The second kappa shape index (κ2) is 7.03. The third-order valence-corrected chi connectivity index (χ3v) is 5.11. The van der Waals surface area contributed by atoms with E-state index in [1.165, 1.54) is 5.69 Å². The molecule has 0 amide bonds. The standard InChI is InChI=1S/C23H17Cl2N/c1-16-6-15-23(26(16)20-13-11-19(24)12-14-20)18-9-7-17(8-10-18)21-4-2-3-5-22(21)25/h2-15H,1H3. The van der Waals surface area contributed by atoms with E-state index >= 15 is 0 Å². The Morgan fingerprint density at radius 1 is 0.654 bits per heavy atom. The lowest BCUT2D eigenvalue weighted by Crippen LogP contribution is -1.98. The second-order valence-corrected chi connectivity index (χ2v) is 7.07. The summed E-state index contributed by atoms with van der Waals surface area (Å²) in [6.07, 6.45) is 0.